The molecule has 0 aromatic heterocycles. The molecule has 3 aromatic carbocycles. The van der Waals surface area contributed by atoms with Crippen LogP contribution in [0.3, 0.4) is 0 Å². The zero-order valence-electron chi connectivity index (χ0n) is 16.7. The quantitative estimate of drug-likeness (QED) is 0.656. The Balaban J connectivity index is 1.29. The van der Waals surface area contributed by atoms with Crippen molar-refractivity contribution in [3.05, 3.63) is 94.5 Å². The first-order valence-corrected chi connectivity index (χ1v) is 10.2. The van der Waals surface area contributed by atoms with Gasteiger partial charge in [0.25, 0.3) is 0 Å². The monoisotopic (exact) mass is 415 g/mol. The molecule has 1 atom stereocenters. The number of hydrogen-bond acceptors (Lipinski definition) is 4. The summed E-state index contributed by atoms with van der Waals surface area (Å²) in [5, 5.41) is 12.0. The molecule has 0 bridgehead atoms. The standard InChI is InChI=1S/C25H21NO5/c27-24(28)15-9-10-17-16(11-15)12-30-14-23(17)26-25(29)31-13-22-20-7-3-1-5-18(20)19-6-2-4-8-21(19)22/h1-11,22-23H,12-14H2,(H,26,29)(H,27,28)/t23-/m0/s1. The van der Waals surface area contributed by atoms with Crippen molar-refractivity contribution in [2.45, 2.75) is 18.6 Å². The third-order valence-electron chi connectivity index (χ3n) is 5.94. The highest BCUT2D eigenvalue weighted by atomic mass is 16.5. The van der Waals surface area contributed by atoms with Gasteiger partial charge in [-0.3, -0.25) is 0 Å². The second kappa shape index (κ2) is 7.89. The van der Waals surface area contributed by atoms with Crippen molar-refractivity contribution < 1.29 is 24.2 Å². The van der Waals surface area contributed by atoms with E-state index >= 15 is 0 Å². The van der Waals surface area contributed by atoms with Crippen LogP contribution in [0.15, 0.2) is 66.7 Å². The molecule has 0 fully saturated rings. The first-order chi connectivity index (χ1) is 15.1. The molecule has 0 radical (unpaired) electrons. The van der Waals surface area contributed by atoms with Crippen molar-refractivity contribution in [3.63, 3.8) is 0 Å². The summed E-state index contributed by atoms with van der Waals surface area (Å²) in [4.78, 5) is 23.8. The maximum Gasteiger partial charge on any atom is 0.407 e. The van der Waals surface area contributed by atoms with Crippen LogP contribution in [-0.2, 0) is 16.1 Å². The van der Waals surface area contributed by atoms with E-state index in [1.807, 2.05) is 24.3 Å². The average molecular weight is 415 g/mol. The topological polar surface area (TPSA) is 84.9 Å². The molecule has 0 spiro atoms. The number of carboxylic acids is 1. The summed E-state index contributed by atoms with van der Waals surface area (Å²) in [5.41, 5.74) is 6.48. The predicted octanol–water partition coefficient (Wildman–Crippen LogP) is 4.49. The van der Waals surface area contributed by atoms with Crippen molar-refractivity contribution in [1.82, 2.24) is 5.32 Å². The summed E-state index contributed by atoms with van der Waals surface area (Å²) in [6.45, 7) is 0.862. The van der Waals surface area contributed by atoms with Gasteiger partial charge in [0, 0.05) is 5.92 Å². The Bertz CT molecular complexity index is 1130. The molecule has 0 saturated carbocycles. The lowest BCUT2D eigenvalue weighted by Crippen LogP contribution is -2.35. The first-order valence-electron chi connectivity index (χ1n) is 10.2. The van der Waals surface area contributed by atoms with Crippen molar-refractivity contribution in [2.75, 3.05) is 13.2 Å². The minimum Gasteiger partial charge on any atom is -0.478 e. The fraction of sp³-hybridized carbons (Fsp3) is 0.200. The molecule has 31 heavy (non-hydrogen) atoms. The highest BCUT2D eigenvalue weighted by Crippen LogP contribution is 2.44. The van der Waals surface area contributed by atoms with E-state index in [0.717, 1.165) is 22.3 Å². The SMILES string of the molecule is O=C(N[C@H]1COCc2cc(C(=O)O)ccc21)OCC1c2ccccc2-c2ccccc21. The Labute approximate surface area is 179 Å². The van der Waals surface area contributed by atoms with Crippen LogP contribution in [0, 0.1) is 0 Å². The number of carbonyl (C=O) groups excluding carboxylic acids is 1. The molecule has 2 N–H and O–H groups in total. The van der Waals surface area contributed by atoms with E-state index in [9.17, 15) is 14.7 Å². The van der Waals surface area contributed by atoms with E-state index in [1.54, 1.807) is 18.2 Å². The van der Waals surface area contributed by atoms with Gasteiger partial charge in [0.05, 0.1) is 24.8 Å². The van der Waals surface area contributed by atoms with Crippen LogP contribution < -0.4 is 5.32 Å². The van der Waals surface area contributed by atoms with Crippen molar-refractivity contribution >= 4 is 12.1 Å². The van der Waals surface area contributed by atoms with Gasteiger partial charge in [0.2, 0.25) is 0 Å². The normalized spacial score (nSPS) is 16.7. The van der Waals surface area contributed by atoms with Crippen LogP contribution >= 0.6 is 0 Å². The van der Waals surface area contributed by atoms with Crippen LogP contribution in [0.2, 0.25) is 0 Å². The molecular formula is C25H21NO5. The molecule has 156 valence electrons. The zero-order chi connectivity index (χ0) is 21.4. The highest BCUT2D eigenvalue weighted by Gasteiger charge is 2.30. The van der Waals surface area contributed by atoms with Crippen LogP contribution in [0.1, 0.15) is 44.6 Å². The van der Waals surface area contributed by atoms with Gasteiger partial charge in [0.15, 0.2) is 0 Å². The van der Waals surface area contributed by atoms with E-state index in [4.69, 9.17) is 9.47 Å². The maximum absolute atomic E-state index is 12.6. The molecule has 6 nitrogen and oxygen atoms in total. The number of carboxylic acid groups (broad SMARTS) is 1. The summed E-state index contributed by atoms with van der Waals surface area (Å²) in [6, 6.07) is 20.8. The summed E-state index contributed by atoms with van der Waals surface area (Å²) in [5.74, 6) is -0.999. The number of benzene rings is 3. The Hall–Kier alpha value is -3.64. The number of carbonyl (C=O) groups is 2. The first kappa shape index (κ1) is 19.3. The number of nitrogens with one attached hydrogen (secondary N) is 1. The zero-order valence-corrected chi connectivity index (χ0v) is 16.7. The largest absolute Gasteiger partial charge is 0.478 e. The highest BCUT2D eigenvalue weighted by molar-refractivity contribution is 5.88. The Morgan fingerprint density at radius 2 is 1.65 bits per heavy atom. The summed E-state index contributed by atoms with van der Waals surface area (Å²) in [7, 11) is 0. The van der Waals surface area contributed by atoms with E-state index in [1.165, 1.54) is 11.1 Å². The van der Waals surface area contributed by atoms with Crippen molar-refractivity contribution in [3.8, 4) is 11.1 Å². The molecule has 1 heterocycles. The van der Waals surface area contributed by atoms with E-state index in [2.05, 4.69) is 29.6 Å². The van der Waals surface area contributed by atoms with E-state index in [-0.39, 0.29) is 24.1 Å². The number of alkyl carbamates (subject to hydrolysis) is 1. The molecular weight excluding hydrogens is 394 g/mol. The molecule has 2 aliphatic rings. The minimum absolute atomic E-state index is 0.00818. The summed E-state index contributed by atoms with van der Waals surface area (Å²) < 4.78 is 11.2. The smallest absolute Gasteiger partial charge is 0.407 e. The van der Waals surface area contributed by atoms with Crippen LogP contribution in [0.25, 0.3) is 11.1 Å². The van der Waals surface area contributed by atoms with Crippen molar-refractivity contribution in [1.29, 1.82) is 0 Å². The van der Waals surface area contributed by atoms with Gasteiger partial charge >= 0.3 is 12.1 Å². The Morgan fingerprint density at radius 1 is 0.968 bits per heavy atom. The van der Waals surface area contributed by atoms with E-state index in [0.29, 0.717) is 13.2 Å². The van der Waals surface area contributed by atoms with Crippen LogP contribution in [-0.4, -0.2) is 30.4 Å². The van der Waals surface area contributed by atoms with E-state index < -0.39 is 12.1 Å². The number of aromatic carboxylic acids is 1. The van der Waals surface area contributed by atoms with Gasteiger partial charge in [-0.2, -0.15) is 0 Å². The van der Waals surface area contributed by atoms with Gasteiger partial charge in [-0.15, -0.1) is 0 Å². The maximum atomic E-state index is 12.6. The van der Waals surface area contributed by atoms with Crippen molar-refractivity contribution in [2.24, 2.45) is 0 Å². The minimum atomic E-state index is -0.991. The second-order valence-corrected chi connectivity index (χ2v) is 7.76. The average Bonchev–Trinajstić information content (AvgIpc) is 3.11. The van der Waals surface area contributed by atoms with Gasteiger partial charge in [0.1, 0.15) is 6.61 Å². The fourth-order valence-corrected chi connectivity index (χ4v) is 4.48. The third kappa shape index (κ3) is 3.55. The lowest BCUT2D eigenvalue weighted by Gasteiger charge is -2.26. The molecule has 5 rings (SSSR count). The second-order valence-electron chi connectivity index (χ2n) is 7.76. The molecule has 1 aliphatic heterocycles. The lowest BCUT2D eigenvalue weighted by atomic mass is 9.97. The van der Waals surface area contributed by atoms with Gasteiger partial charge in [-0.05, 0) is 45.5 Å². The number of rotatable bonds is 4. The number of hydrogen-bond donors (Lipinski definition) is 2. The molecule has 1 amide bonds. The molecule has 1 aliphatic carbocycles. The summed E-state index contributed by atoms with van der Waals surface area (Å²) >= 11 is 0. The Morgan fingerprint density at radius 3 is 2.32 bits per heavy atom. The lowest BCUT2D eigenvalue weighted by molar-refractivity contribution is 0.0688. The van der Waals surface area contributed by atoms with Gasteiger partial charge in [-0.25, -0.2) is 9.59 Å². The van der Waals surface area contributed by atoms with Crippen LogP contribution in [0.4, 0.5) is 4.79 Å². The number of amides is 1. The van der Waals surface area contributed by atoms with Gasteiger partial charge in [-0.1, -0.05) is 54.6 Å². The number of fused-ring (bicyclic) bond motifs is 4. The fourth-order valence-electron chi connectivity index (χ4n) is 4.48. The molecule has 0 saturated heterocycles. The predicted molar refractivity (Wildman–Crippen MR) is 114 cm³/mol. The molecule has 0 unspecified atom stereocenters. The summed E-state index contributed by atoms with van der Waals surface area (Å²) in [6.07, 6.45) is -0.523. The molecule has 3 aromatic rings. The molecule has 6 heteroatoms. The van der Waals surface area contributed by atoms with Crippen LogP contribution in [0.5, 0.6) is 0 Å². The number of ether oxygens (including phenoxy) is 2. The third-order valence-corrected chi connectivity index (χ3v) is 5.94. The van der Waals surface area contributed by atoms with Gasteiger partial charge < -0.3 is 19.9 Å². The Kier molecular flexibility index (Phi) is 4.92.